The van der Waals surface area contributed by atoms with Crippen LogP contribution in [0.25, 0.3) is 11.3 Å². The van der Waals surface area contributed by atoms with Gasteiger partial charge in [-0.2, -0.15) is 0 Å². The van der Waals surface area contributed by atoms with Gasteiger partial charge in [0.1, 0.15) is 17.9 Å². The zero-order chi connectivity index (χ0) is 28.6. The van der Waals surface area contributed by atoms with E-state index >= 15 is 0 Å². The number of anilines is 5. The summed E-state index contributed by atoms with van der Waals surface area (Å²) in [5, 5.41) is 17.0. The molecule has 1 aromatic heterocycles. The number of carbonyl (C=O) groups is 1. The maximum Gasteiger partial charge on any atom is 0.247 e. The summed E-state index contributed by atoms with van der Waals surface area (Å²) < 4.78 is 5.78. The molecule has 1 fully saturated rings. The van der Waals surface area contributed by atoms with Crippen LogP contribution in [0.3, 0.4) is 0 Å². The van der Waals surface area contributed by atoms with Gasteiger partial charge in [0, 0.05) is 68.4 Å². The van der Waals surface area contributed by atoms with Crippen molar-refractivity contribution in [2.75, 3.05) is 61.7 Å². The third-order valence-electron chi connectivity index (χ3n) is 7.40. The number of rotatable bonds is 11. The van der Waals surface area contributed by atoms with E-state index in [0.717, 1.165) is 60.7 Å². The van der Waals surface area contributed by atoms with Crippen LogP contribution in [-0.2, 0) is 4.79 Å². The van der Waals surface area contributed by atoms with Gasteiger partial charge < -0.3 is 35.9 Å². The third kappa shape index (κ3) is 6.40. The number of likely N-dealkylation sites (tertiary alicyclic amines) is 1. The molecule has 210 valence electrons. The second-order valence-corrected chi connectivity index (χ2v) is 9.65. The zero-order valence-electron chi connectivity index (χ0n) is 23.6. The lowest BCUT2D eigenvalue weighted by Crippen LogP contribution is -2.43. The van der Waals surface area contributed by atoms with Gasteiger partial charge in [0.15, 0.2) is 0 Å². The Morgan fingerprint density at radius 1 is 1.18 bits per heavy atom. The minimum Gasteiger partial charge on any atom is -0.494 e. The van der Waals surface area contributed by atoms with Gasteiger partial charge >= 0.3 is 0 Å². The third-order valence-corrected chi connectivity index (χ3v) is 7.40. The fourth-order valence-electron chi connectivity index (χ4n) is 5.01. The van der Waals surface area contributed by atoms with E-state index in [1.54, 1.807) is 7.11 Å². The quantitative estimate of drug-likeness (QED) is 0.198. The monoisotopic (exact) mass is 542 g/mol. The zero-order valence-corrected chi connectivity index (χ0v) is 23.6. The molecule has 0 atom stereocenters. The van der Waals surface area contributed by atoms with Gasteiger partial charge in [-0.3, -0.25) is 4.79 Å². The van der Waals surface area contributed by atoms with Gasteiger partial charge in [0.05, 0.1) is 29.9 Å². The smallest absolute Gasteiger partial charge is 0.247 e. The lowest BCUT2D eigenvalue weighted by Gasteiger charge is -2.38. The molecule has 0 saturated carbocycles. The molecule has 2 aromatic carbocycles. The van der Waals surface area contributed by atoms with Gasteiger partial charge in [0.25, 0.3) is 0 Å². The Labute approximate surface area is 236 Å². The molecule has 40 heavy (non-hydrogen) atoms. The Hall–Kier alpha value is -4.44. The lowest BCUT2D eigenvalue weighted by atomic mass is 10.0. The highest BCUT2D eigenvalue weighted by molar-refractivity contribution is 6.02. The Bertz CT molecular complexity index is 1370. The molecule has 0 radical (unpaired) electrons. The molecule has 1 amide bonds. The molecule has 4 N–H and O–H groups in total. The molecule has 0 aliphatic carbocycles. The van der Waals surface area contributed by atoms with E-state index in [1.807, 2.05) is 43.4 Å². The highest BCUT2D eigenvalue weighted by Crippen LogP contribution is 2.40. The number of hydrogen-bond donors (Lipinski definition) is 4. The van der Waals surface area contributed by atoms with Crippen molar-refractivity contribution in [3.8, 4) is 17.0 Å². The minimum atomic E-state index is -0.287. The summed E-state index contributed by atoms with van der Waals surface area (Å²) in [6.45, 7) is 8.97. The molecule has 1 aliphatic rings. The molecule has 1 aliphatic heterocycles. The first-order chi connectivity index (χ1) is 19.4. The normalized spacial score (nSPS) is 13.8. The molecular formula is C30H38N8O2. The second-order valence-electron chi connectivity index (χ2n) is 9.65. The van der Waals surface area contributed by atoms with Crippen LogP contribution in [0.4, 0.5) is 28.6 Å². The van der Waals surface area contributed by atoms with Crippen molar-refractivity contribution in [2.45, 2.75) is 25.8 Å². The standard InChI is InChI=1S/C30H38N8O2/c1-6-30(39)36-25-15-26(28(40-5)17-27(25)37(4)22-10-12-38(7-2)13-11-22)35-29-16-24(33-19-34-29)20-8-9-21(18-31)23(14-20)32-3/h6,8-9,14-19,22,31-32H,1,7,10-13H2,2-5H3,(H,36,39)(H,33,34,35). The van der Waals surface area contributed by atoms with Crippen LogP contribution >= 0.6 is 0 Å². The maximum atomic E-state index is 12.4. The van der Waals surface area contributed by atoms with Gasteiger partial charge in [0.2, 0.25) is 5.91 Å². The molecular weight excluding hydrogens is 504 g/mol. The van der Waals surface area contributed by atoms with Crippen LogP contribution in [0.15, 0.2) is 55.4 Å². The van der Waals surface area contributed by atoms with Crippen molar-refractivity contribution >= 4 is 40.7 Å². The molecule has 2 heterocycles. The van der Waals surface area contributed by atoms with E-state index in [-0.39, 0.29) is 5.91 Å². The van der Waals surface area contributed by atoms with Crippen LogP contribution in [0.1, 0.15) is 25.3 Å². The summed E-state index contributed by atoms with van der Waals surface area (Å²) in [6.07, 6.45) is 6.16. The lowest BCUT2D eigenvalue weighted by molar-refractivity contribution is -0.111. The molecule has 0 unspecified atom stereocenters. The molecule has 10 heteroatoms. The number of methoxy groups -OCH3 is 1. The van der Waals surface area contributed by atoms with E-state index in [1.165, 1.54) is 18.6 Å². The summed E-state index contributed by atoms with van der Waals surface area (Å²) in [5.74, 6) is 0.904. The van der Waals surface area contributed by atoms with E-state index in [9.17, 15) is 4.79 Å². The Morgan fingerprint density at radius 3 is 2.60 bits per heavy atom. The second kappa shape index (κ2) is 13.1. The Morgan fingerprint density at radius 2 is 1.95 bits per heavy atom. The van der Waals surface area contributed by atoms with Gasteiger partial charge in [-0.15, -0.1) is 0 Å². The number of nitrogens with one attached hydrogen (secondary N) is 4. The van der Waals surface area contributed by atoms with Crippen molar-refractivity contribution in [1.82, 2.24) is 14.9 Å². The van der Waals surface area contributed by atoms with Crippen LogP contribution in [0.5, 0.6) is 5.75 Å². The molecule has 0 bridgehead atoms. The molecule has 0 spiro atoms. The Balaban J connectivity index is 1.66. The van der Waals surface area contributed by atoms with Crippen molar-refractivity contribution < 1.29 is 9.53 Å². The van der Waals surface area contributed by atoms with Crippen LogP contribution in [-0.4, -0.2) is 73.9 Å². The number of carbonyl (C=O) groups excluding carboxylic acids is 1. The van der Waals surface area contributed by atoms with Crippen molar-refractivity contribution in [2.24, 2.45) is 0 Å². The predicted molar refractivity (Wildman–Crippen MR) is 164 cm³/mol. The molecule has 10 nitrogen and oxygen atoms in total. The summed E-state index contributed by atoms with van der Waals surface area (Å²) in [6, 6.07) is 11.8. The number of benzene rings is 2. The molecule has 3 aromatic rings. The number of aromatic nitrogens is 2. The first kappa shape index (κ1) is 28.6. The highest BCUT2D eigenvalue weighted by Gasteiger charge is 2.25. The number of amides is 1. The summed E-state index contributed by atoms with van der Waals surface area (Å²) in [4.78, 5) is 25.9. The SMILES string of the molecule is C=CC(=O)Nc1cc(Nc2cc(-c3ccc(C=N)c(NC)c3)ncn2)c(OC)cc1N(C)C1CCN(CC)CC1. The average Bonchev–Trinajstić information content (AvgIpc) is 3.00. The number of piperidine rings is 1. The van der Waals surface area contributed by atoms with E-state index < -0.39 is 0 Å². The van der Waals surface area contributed by atoms with Crippen molar-refractivity contribution in [1.29, 1.82) is 5.41 Å². The van der Waals surface area contributed by atoms with E-state index in [2.05, 4.69) is 56.3 Å². The van der Waals surface area contributed by atoms with Crippen molar-refractivity contribution in [3.05, 3.63) is 60.9 Å². The molecule has 4 rings (SSSR count). The number of nitrogens with zero attached hydrogens (tertiary/aromatic N) is 4. The average molecular weight is 543 g/mol. The Kier molecular flexibility index (Phi) is 9.34. The van der Waals surface area contributed by atoms with Gasteiger partial charge in [-0.25, -0.2) is 9.97 Å². The summed E-state index contributed by atoms with van der Waals surface area (Å²) >= 11 is 0. The number of hydrogen-bond acceptors (Lipinski definition) is 9. The first-order valence-corrected chi connectivity index (χ1v) is 13.4. The van der Waals surface area contributed by atoms with Crippen LogP contribution < -0.4 is 25.6 Å². The fourth-order valence-corrected chi connectivity index (χ4v) is 5.01. The maximum absolute atomic E-state index is 12.4. The molecule has 1 saturated heterocycles. The van der Waals surface area contributed by atoms with Crippen LogP contribution in [0.2, 0.25) is 0 Å². The summed E-state index contributed by atoms with van der Waals surface area (Å²) in [7, 11) is 5.52. The predicted octanol–water partition coefficient (Wildman–Crippen LogP) is 4.98. The van der Waals surface area contributed by atoms with Gasteiger partial charge in [-0.05, 0) is 37.6 Å². The van der Waals surface area contributed by atoms with E-state index in [4.69, 9.17) is 10.1 Å². The van der Waals surface area contributed by atoms with Crippen molar-refractivity contribution in [3.63, 3.8) is 0 Å². The first-order valence-electron chi connectivity index (χ1n) is 13.4. The summed E-state index contributed by atoms with van der Waals surface area (Å²) in [5.41, 5.74) is 5.42. The highest BCUT2D eigenvalue weighted by atomic mass is 16.5. The fraction of sp³-hybridized carbons (Fsp3) is 0.333. The van der Waals surface area contributed by atoms with E-state index in [0.29, 0.717) is 29.0 Å². The largest absolute Gasteiger partial charge is 0.494 e. The number of ether oxygens (including phenoxy) is 1. The topological polar surface area (TPSA) is 118 Å². The van der Waals surface area contributed by atoms with Gasteiger partial charge in [-0.1, -0.05) is 25.6 Å². The minimum absolute atomic E-state index is 0.287. The van der Waals surface area contributed by atoms with Crippen LogP contribution in [0, 0.1) is 5.41 Å².